The molecule has 3 heterocycles. The smallest absolute Gasteiger partial charge is 0.339 e. The van der Waals surface area contributed by atoms with E-state index in [-0.39, 0.29) is 12.0 Å². The molecular formula is C22H17N5O4. The van der Waals surface area contributed by atoms with E-state index in [1.807, 2.05) is 12.1 Å². The first-order valence-electron chi connectivity index (χ1n) is 9.60. The number of hydrogen-bond donors (Lipinski definition) is 2. The zero-order chi connectivity index (χ0) is 21.6. The van der Waals surface area contributed by atoms with Crippen LogP contribution in [0.4, 0.5) is 5.69 Å². The van der Waals surface area contributed by atoms with Crippen LogP contribution in [0.25, 0.3) is 16.7 Å². The number of benzene rings is 2. The van der Waals surface area contributed by atoms with Gasteiger partial charge in [0.2, 0.25) is 0 Å². The van der Waals surface area contributed by atoms with E-state index in [9.17, 15) is 14.4 Å². The van der Waals surface area contributed by atoms with Crippen molar-refractivity contribution in [2.75, 3.05) is 5.32 Å². The van der Waals surface area contributed by atoms with Gasteiger partial charge < -0.3 is 15.0 Å². The lowest BCUT2D eigenvalue weighted by molar-refractivity contribution is -0.134. The Labute approximate surface area is 175 Å². The van der Waals surface area contributed by atoms with E-state index < -0.39 is 17.5 Å². The van der Waals surface area contributed by atoms with Crippen molar-refractivity contribution in [3.05, 3.63) is 82.5 Å². The van der Waals surface area contributed by atoms with Crippen molar-refractivity contribution >= 4 is 28.6 Å². The molecule has 2 aromatic carbocycles. The van der Waals surface area contributed by atoms with Gasteiger partial charge in [-0.3, -0.25) is 9.59 Å². The van der Waals surface area contributed by atoms with Gasteiger partial charge in [-0.2, -0.15) is 5.10 Å². The van der Waals surface area contributed by atoms with Gasteiger partial charge in [0.25, 0.3) is 11.5 Å². The van der Waals surface area contributed by atoms with Crippen LogP contribution in [-0.4, -0.2) is 37.2 Å². The van der Waals surface area contributed by atoms with Gasteiger partial charge in [0.15, 0.2) is 11.2 Å². The van der Waals surface area contributed by atoms with E-state index in [2.05, 4.69) is 20.4 Å². The summed E-state index contributed by atoms with van der Waals surface area (Å²) in [6.45, 7) is 1.59. The largest absolute Gasteiger partial charge is 0.445 e. The maximum Gasteiger partial charge on any atom is 0.339 e. The minimum absolute atomic E-state index is 0.255. The molecule has 0 saturated carbocycles. The van der Waals surface area contributed by atoms with Gasteiger partial charge in [-0.05, 0) is 30.7 Å². The molecule has 0 saturated heterocycles. The Kier molecular flexibility index (Phi) is 4.18. The number of carbonyl (C=O) groups is 2. The average molecular weight is 415 g/mol. The van der Waals surface area contributed by atoms with E-state index in [4.69, 9.17) is 4.74 Å². The van der Waals surface area contributed by atoms with Crippen molar-refractivity contribution in [2.45, 2.75) is 18.9 Å². The number of aromatic amines is 1. The summed E-state index contributed by atoms with van der Waals surface area (Å²) in [5, 5.41) is 7.44. The van der Waals surface area contributed by atoms with Gasteiger partial charge in [0, 0.05) is 6.42 Å². The van der Waals surface area contributed by atoms with Crippen LogP contribution in [-0.2, 0) is 16.0 Å². The van der Waals surface area contributed by atoms with Gasteiger partial charge in [-0.1, -0.05) is 30.3 Å². The number of rotatable bonds is 3. The number of amides is 1. The normalized spacial score (nSPS) is 17.8. The molecule has 0 spiro atoms. The summed E-state index contributed by atoms with van der Waals surface area (Å²) < 4.78 is 7.00. The first kappa shape index (κ1) is 18.7. The molecule has 4 aromatic rings. The summed E-state index contributed by atoms with van der Waals surface area (Å²) >= 11 is 0. The molecule has 5 rings (SSSR count). The number of para-hydroxylation sites is 2. The lowest BCUT2D eigenvalue weighted by Gasteiger charge is -2.33. The Morgan fingerprint density at radius 1 is 1.16 bits per heavy atom. The van der Waals surface area contributed by atoms with Crippen molar-refractivity contribution in [3.63, 3.8) is 0 Å². The van der Waals surface area contributed by atoms with Crippen molar-refractivity contribution in [2.24, 2.45) is 0 Å². The first-order chi connectivity index (χ1) is 15.0. The second-order valence-electron chi connectivity index (χ2n) is 7.45. The molecule has 0 bridgehead atoms. The number of cyclic esters (lactones) is 1. The fourth-order valence-electron chi connectivity index (χ4n) is 3.71. The first-order valence-corrected chi connectivity index (χ1v) is 9.60. The molecule has 0 fully saturated rings. The predicted molar refractivity (Wildman–Crippen MR) is 112 cm³/mol. The third-order valence-electron chi connectivity index (χ3n) is 5.31. The Balaban J connectivity index is 1.50. The van der Waals surface area contributed by atoms with Crippen LogP contribution in [0.1, 0.15) is 22.8 Å². The highest BCUT2D eigenvalue weighted by atomic mass is 16.6. The fourth-order valence-corrected chi connectivity index (χ4v) is 3.71. The summed E-state index contributed by atoms with van der Waals surface area (Å²) in [5.74, 6) is -1.00. The molecule has 9 heteroatoms. The number of fused-ring (bicyclic) bond motifs is 2. The van der Waals surface area contributed by atoms with E-state index >= 15 is 0 Å². The summed E-state index contributed by atoms with van der Waals surface area (Å²) in [4.78, 5) is 44.3. The van der Waals surface area contributed by atoms with Crippen LogP contribution >= 0.6 is 0 Å². The van der Waals surface area contributed by atoms with Gasteiger partial charge >= 0.3 is 5.97 Å². The highest BCUT2D eigenvalue weighted by molar-refractivity contribution is 6.03. The summed E-state index contributed by atoms with van der Waals surface area (Å²) in [7, 11) is 0. The lowest BCUT2D eigenvalue weighted by atomic mass is 9.89. The number of anilines is 1. The molecule has 1 atom stereocenters. The van der Waals surface area contributed by atoms with Crippen molar-refractivity contribution in [3.8, 4) is 5.69 Å². The van der Waals surface area contributed by atoms with Gasteiger partial charge in [0.05, 0.1) is 29.5 Å². The number of carbonyl (C=O) groups excluding carboxylic acids is 2. The van der Waals surface area contributed by atoms with Crippen LogP contribution in [0, 0.1) is 0 Å². The second kappa shape index (κ2) is 6.91. The minimum atomic E-state index is -1.37. The maximum absolute atomic E-state index is 13.2. The van der Waals surface area contributed by atoms with Crippen LogP contribution in [0.15, 0.2) is 65.8 Å². The molecule has 0 aliphatic carbocycles. The Hall–Kier alpha value is -4.27. The Morgan fingerprint density at radius 3 is 2.81 bits per heavy atom. The number of nitrogens with one attached hydrogen (secondary N) is 2. The quantitative estimate of drug-likeness (QED) is 0.495. The molecule has 2 N–H and O–H groups in total. The van der Waals surface area contributed by atoms with Gasteiger partial charge in [-0.25, -0.2) is 14.5 Å². The molecule has 1 unspecified atom stereocenters. The molecule has 154 valence electrons. The number of esters is 1. The molecule has 9 nitrogen and oxygen atoms in total. The molecule has 31 heavy (non-hydrogen) atoms. The number of aromatic nitrogens is 4. The highest BCUT2D eigenvalue weighted by Crippen LogP contribution is 2.30. The molecular weight excluding hydrogens is 398 g/mol. The molecule has 1 aliphatic rings. The maximum atomic E-state index is 13.2. The van der Waals surface area contributed by atoms with Crippen LogP contribution in [0.5, 0.6) is 0 Å². The van der Waals surface area contributed by atoms with Crippen LogP contribution < -0.4 is 10.9 Å². The Bertz CT molecular complexity index is 1410. The third-order valence-corrected chi connectivity index (χ3v) is 5.31. The summed E-state index contributed by atoms with van der Waals surface area (Å²) in [6.07, 6.45) is 2.97. The second-order valence-corrected chi connectivity index (χ2v) is 7.45. The standard InChI is InChI=1S/C22H17N5O4/c1-22(10-13-6-2-3-7-14(13)20(29)31-22)21(30)26-16-8-4-5-9-17(16)27-18-15(11-25-27)19(28)24-12-23-18/h2-9,11-12H,10H2,1H3,(H,26,30)(H,23,24,28). The van der Waals surface area contributed by atoms with Crippen molar-refractivity contribution in [1.29, 1.82) is 0 Å². The monoisotopic (exact) mass is 415 g/mol. The third kappa shape index (κ3) is 3.07. The average Bonchev–Trinajstić information content (AvgIpc) is 3.19. The van der Waals surface area contributed by atoms with E-state index in [0.717, 1.165) is 5.56 Å². The minimum Gasteiger partial charge on any atom is -0.445 e. The predicted octanol–water partition coefficient (Wildman–Crippen LogP) is 2.22. The molecule has 1 amide bonds. The zero-order valence-corrected chi connectivity index (χ0v) is 16.5. The van der Waals surface area contributed by atoms with Gasteiger partial charge in [-0.15, -0.1) is 0 Å². The number of hydrogen-bond acceptors (Lipinski definition) is 6. The zero-order valence-electron chi connectivity index (χ0n) is 16.5. The summed E-state index contributed by atoms with van der Waals surface area (Å²) in [5.41, 5.74) is 0.859. The summed E-state index contributed by atoms with van der Waals surface area (Å²) in [6, 6.07) is 14.1. The van der Waals surface area contributed by atoms with Crippen molar-refractivity contribution < 1.29 is 14.3 Å². The van der Waals surface area contributed by atoms with Crippen molar-refractivity contribution in [1.82, 2.24) is 19.7 Å². The topological polar surface area (TPSA) is 119 Å². The highest BCUT2D eigenvalue weighted by Gasteiger charge is 2.42. The number of nitrogens with zero attached hydrogens (tertiary/aromatic N) is 3. The van der Waals surface area contributed by atoms with E-state index in [0.29, 0.717) is 28.0 Å². The van der Waals surface area contributed by atoms with E-state index in [1.165, 1.54) is 17.2 Å². The molecule has 1 aliphatic heterocycles. The SMILES string of the molecule is CC1(C(=O)Nc2ccccc2-n2ncc3c(=O)[nH]cnc32)Cc2ccccc2C(=O)O1. The van der Waals surface area contributed by atoms with Gasteiger partial charge in [0.1, 0.15) is 5.39 Å². The lowest BCUT2D eigenvalue weighted by Crippen LogP contribution is -2.49. The Morgan fingerprint density at radius 2 is 1.94 bits per heavy atom. The van der Waals surface area contributed by atoms with E-state index in [1.54, 1.807) is 43.3 Å². The molecule has 0 radical (unpaired) electrons. The fraction of sp³-hybridized carbons (Fsp3) is 0.136. The number of ether oxygens (including phenoxy) is 1. The number of H-pyrrole nitrogens is 1. The van der Waals surface area contributed by atoms with Crippen LogP contribution in [0.3, 0.4) is 0 Å². The molecule has 2 aromatic heterocycles. The van der Waals surface area contributed by atoms with Crippen LogP contribution in [0.2, 0.25) is 0 Å².